The molecular formula is C28H30N2O. The topological polar surface area (TPSA) is 37.0 Å². The molecule has 0 aliphatic heterocycles. The summed E-state index contributed by atoms with van der Waals surface area (Å²) in [6.45, 7) is 0.983. The molecule has 0 saturated carbocycles. The van der Waals surface area contributed by atoms with Gasteiger partial charge in [0.2, 0.25) is 0 Å². The van der Waals surface area contributed by atoms with Crippen LogP contribution in [0.2, 0.25) is 0 Å². The van der Waals surface area contributed by atoms with Gasteiger partial charge in [-0.05, 0) is 72.7 Å². The summed E-state index contributed by atoms with van der Waals surface area (Å²) in [6.07, 6.45) is 6.53. The number of methoxy groups -OCH3 is 1. The maximum Gasteiger partial charge on any atom is 0.119 e. The van der Waals surface area contributed by atoms with E-state index in [0.29, 0.717) is 12.0 Å². The Morgan fingerprint density at radius 1 is 1.00 bits per heavy atom. The molecule has 0 unspecified atom stereocenters. The molecule has 1 aliphatic rings. The van der Waals surface area contributed by atoms with Crippen molar-refractivity contribution in [1.82, 2.24) is 10.3 Å². The number of H-pyrrole nitrogens is 1. The van der Waals surface area contributed by atoms with E-state index in [9.17, 15) is 0 Å². The van der Waals surface area contributed by atoms with Crippen LogP contribution in [0.5, 0.6) is 5.75 Å². The SMILES string of the molecule is COc1ccc2c(c1)[C@@H](Cc1ccccc1)[C@H](NCCc1c[nH]c3ccccc13)CC2. The molecule has 3 nitrogen and oxygen atoms in total. The van der Waals surface area contributed by atoms with E-state index in [1.54, 1.807) is 7.11 Å². The summed E-state index contributed by atoms with van der Waals surface area (Å²) >= 11 is 0. The van der Waals surface area contributed by atoms with Crippen LogP contribution in [-0.2, 0) is 19.3 Å². The van der Waals surface area contributed by atoms with Gasteiger partial charge >= 0.3 is 0 Å². The first-order valence-corrected chi connectivity index (χ1v) is 11.3. The normalized spacial score (nSPS) is 18.1. The monoisotopic (exact) mass is 410 g/mol. The van der Waals surface area contributed by atoms with Crippen LogP contribution in [-0.4, -0.2) is 24.7 Å². The van der Waals surface area contributed by atoms with Crippen LogP contribution in [0, 0.1) is 0 Å². The van der Waals surface area contributed by atoms with Crippen molar-refractivity contribution in [3.8, 4) is 5.75 Å². The van der Waals surface area contributed by atoms with Crippen LogP contribution in [0.15, 0.2) is 79.0 Å². The minimum atomic E-state index is 0.448. The average Bonchev–Trinajstić information content (AvgIpc) is 3.24. The molecule has 158 valence electrons. The first kappa shape index (κ1) is 19.9. The van der Waals surface area contributed by atoms with Gasteiger partial charge in [-0.3, -0.25) is 0 Å². The number of nitrogens with one attached hydrogen (secondary N) is 2. The van der Waals surface area contributed by atoms with Crippen LogP contribution < -0.4 is 10.1 Å². The molecule has 3 heteroatoms. The summed E-state index contributed by atoms with van der Waals surface area (Å²) < 4.78 is 5.56. The van der Waals surface area contributed by atoms with Gasteiger partial charge in [0.25, 0.3) is 0 Å². The van der Waals surface area contributed by atoms with Crippen LogP contribution in [0.25, 0.3) is 10.9 Å². The van der Waals surface area contributed by atoms with Crippen molar-refractivity contribution in [3.05, 3.63) is 101 Å². The summed E-state index contributed by atoms with van der Waals surface area (Å²) in [7, 11) is 1.76. The van der Waals surface area contributed by atoms with E-state index in [0.717, 1.165) is 31.6 Å². The third kappa shape index (κ3) is 4.24. The molecule has 0 saturated heterocycles. The number of ether oxygens (including phenoxy) is 1. The van der Waals surface area contributed by atoms with E-state index in [1.807, 2.05) is 0 Å². The number of aryl methyl sites for hydroxylation is 1. The van der Waals surface area contributed by atoms with Crippen LogP contribution in [0.3, 0.4) is 0 Å². The Hall–Kier alpha value is -3.04. The highest BCUT2D eigenvalue weighted by Gasteiger charge is 2.29. The van der Waals surface area contributed by atoms with Crippen molar-refractivity contribution in [2.75, 3.05) is 13.7 Å². The van der Waals surface area contributed by atoms with Gasteiger partial charge in [0, 0.05) is 29.1 Å². The van der Waals surface area contributed by atoms with Gasteiger partial charge in [-0.15, -0.1) is 0 Å². The van der Waals surface area contributed by atoms with Gasteiger partial charge in [-0.2, -0.15) is 0 Å². The lowest BCUT2D eigenvalue weighted by Crippen LogP contribution is -2.40. The van der Waals surface area contributed by atoms with E-state index >= 15 is 0 Å². The third-order valence-corrected chi connectivity index (χ3v) is 6.74. The van der Waals surface area contributed by atoms with Gasteiger partial charge in [0.15, 0.2) is 0 Å². The van der Waals surface area contributed by atoms with Gasteiger partial charge in [-0.25, -0.2) is 0 Å². The third-order valence-electron chi connectivity index (χ3n) is 6.74. The van der Waals surface area contributed by atoms with Crippen molar-refractivity contribution < 1.29 is 4.74 Å². The van der Waals surface area contributed by atoms with Crippen molar-refractivity contribution in [3.63, 3.8) is 0 Å². The smallest absolute Gasteiger partial charge is 0.119 e. The van der Waals surface area contributed by atoms with Gasteiger partial charge < -0.3 is 15.0 Å². The van der Waals surface area contributed by atoms with Crippen molar-refractivity contribution in [2.24, 2.45) is 0 Å². The number of aromatic nitrogens is 1. The van der Waals surface area contributed by atoms with Crippen LogP contribution in [0.4, 0.5) is 0 Å². The lowest BCUT2D eigenvalue weighted by Gasteiger charge is -2.35. The molecule has 31 heavy (non-hydrogen) atoms. The summed E-state index contributed by atoms with van der Waals surface area (Å²) in [5.41, 5.74) is 6.92. The van der Waals surface area contributed by atoms with Crippen molar-refractivity contribution in [1.29, 1.82) is 0 Å². The summed E-state index contributed by atoms with van der Waals surface area (Å²) in [6, 6.07) is 26.5. The Kier molecular flexibility index (Phi) is 5.77. The zero-order valence-corrected chi connectivity index (χ0v) is 18.1. The molecule has 0 bridgehead atoms. The molecule has 0 fully saturated rings. The molecule has 0 radical (unpaired) electrons. The van der Waals surface area contributed by atoms with Gasteiger partial charge in [-0.1, -0.05) is 54.6 Å². The number of hydrogen-bond donors (Lipinski definition) is 2. The minimum absolute atomic E-state index is 0.448. The van der Waals surface area contributed by atoms with Crippen molar-refractivity contribution in [2.45, 2.75) is 37.6 Å². The molecule has 2 N–H and O–H groups in total. The molecule has 4 aromatic rings. The molecule has 5 rings (SSSR count). The number of hydrogen-bond acceptors (Lipinski definition) is 2. The van der Waals surface area contributed by atoms with E-state index in [4.69, 9.17) is 4.74 Å². The average molecular weight is 411 g/mol. The van der Waals surface area contributed by atoms with E-state index in [1.165, 1.54) is 39.6 Å². The molecule has 0 spiro atoms. The molecule has 1 aromatic heterocycles. The fraction of sp³-hybridized carbons (Fsp3) is 0.286. The highest BCUT2D eigenvalue weighted by atomic mass is 16.5. The highest BCUT2D eigenvalue weighted by Crippen LogP contribution is 2.36. The molecule has 1 heterocycles. The summed E-state index contributed by atoms with van der Waals surface area (Å²) in [5.74, 6) is 1.40. The maximum absolute atomic E-state index is 5.56. The Morgan fingerprint density at radius 2 is 1.84 bits per heavy atom. The predicted octanol–water partition coefficient (Wildman–Crippen LogP) is 5.65. The maximum atomic E-state index is 5.56. The Morgan fingerprint density at radius 3 is 2.71 bits per heavy atom. The lowest BCUT2D eigenvalue weighted by molar-refractivity contribution is 0.380. The fourth-order valence-corrected chi connectivity index (χ4v) is 5.10. The van der Waals surface area contributed by atoms with E-state index < -0.39 is 0 Å². The zero-order chi connectivity index (χ0) is 21.0. The molecule has 2 atom stereocenters. The second-order valence-corrected chi connectivity index (χ2v) is 8.57. The second-order valence-electron chi connectivity index (χ2n) is 8.57. The Labute approximate surface area is 184 Å². The summed E-state index contributed by atoms with van der Waals surface area (Å²) in [5, 5.41) is 5.26. The Bertz CT molecular complexity index is 1150. The fourth-order valence-electron chi connectivity index (χ4n) is 5.10. The van der Waals surface area contributed by atoms with Gasteiger partial charge in [0.05, 0.1) is 7.11 Å². The van der Waals surface area contributed by atoms with Crippen molar-refractivity contribution >= 4 is 10.9 Å². The van der Waals surface area contributed by atoms with Crippen LogP contribution in [0.1, 0.15) is 34.6 Å². The molecule has 1 aliphatic carbocycles. The first-order chi connectivity index (χ1) is 15.3. The molecule has 3 aromatic carbocycles. The quantitative estimate of drug-likeness (QED) is 0.413. The standard InChI is InChI=1S/C28H30N2O/c1-31-23-13-11-21-12-14-28(26(25(21)18-23)17-20-7-3-2-4-8-20)29-16-15-22-19-30-27-10-6-5-9-24(22)27/h2-11,13,18-19,26,28-30H,12,14-17H2,1H3/t26-,28-/m1/s1. The van der Waals surface area contributed by atoms with Gasteiger partial charge in [0.1, 0.15) is 5.75 Å². The molecule has 0 amide bonds. The number of benzene rings is 3. The number of aromatic amines is 1. The number of rotatable bonds is 7. The highest BCUT2D eigenvalue weighted by molar-refractivity contribution is 5.83. The van der Waals surface area contributed by atoms with Crippen LogP contribution >= 0.6 is 0 Å². The predicted molar refractivity (Wildman–Crippen MR) is 128 cm³/mol. The second kappa shape index (κ2) is 8.99. The zero-order valence-electron chi connectivity index (χ0n) is 18.1. The van der Waals surface area contributed by atoms with E-state index in [2.05, 4.69) is 89.3 Å². The molecular weight excluding hydrogens is 380 g/mol. The number of fused-ring (bicyclic) bond motifs is 2. The summed E-state index contributed by atoms with van der Waals surface area (Å²) in [4.78, 5) is 3.40. The largest absolute Gasteiger partial charge is 0.497 e. The Balaban J connectivity index is 1.35. The van der Waals surface area contributed by atoms with E-state index in [-0.39, 0.29) is 0 Å². The lowest BCUT2D eigenvalue weighted by atomic mass is 9.76. The minimum Gasteiger partial charge on any atom is -0.497 e. The number of para-hydroxylation sites is 1. The first-order valence-electron chi connectivity index (χ1n) is 11.3.